The third-order valence-corrected chi connectivity index (χ3v) is 14.3. The molecule has 1 aliphatic rings. The van der Waals surface area contributed by atoms with Gasteiger partial charge in [0.15, 0.2) is 0 Å². The molecule has 1 aliphatic heterocycles. The quantitative estimate of drug-likeness (QED) is 0.1000. The minimum atomic E-state index is -3.98. The van der Waals surface area contributed by atoms with E-state index in [1.165, 1.54) is 23.3 Å². The number of para-hydroxylation sites is 2. The van der Waals surface area contributed by atoms with E-state index < -0.39 is 34.0 Å². The largest absolute Gasteiger partial charge is 0.368 e. The molecule has 62 heavy (non-hydrogen) atoms. The zero-order valence-electron chi connectivity index (χ0n) is 35.8. The molecule has 5 amide bonds. The molecule has 6 aromatic rings. The Morgan fingerprint density at radius 1 is 0.677 bits per heavy atom. The van der Waals surface area contributed by atoms with Gasteiger partial charge in [0.05, 0.1) is 0 Å². The van der Waals surface area contributed by atoms with E-state index in [0.717, 1.165) is 71.9 Å². The Kier molecular flexibility index (Phi) is 13.2. The highest BCUT2D eigenvalue weighted by atomic mass is 32.2. The van der Waals surface area contributed by atoms with Gasteiger partial charge in [-0.1, -0.05) is 62.4 Å². The summed E-state index contributed by atoms with van der Waals surface area (Å²) in [6.45, 7) is 5.01. The van der Waals surface area contributed by atoms with E-state index >= 15 is 0 Å². The van der Waals surface area contributed by atoms with Crippen LogP contribution < -0.4 is 22.1 Å². The normalized spacial score (nSPS) is 16.0. The highest BCUT2D eigenvalue weighted by Gasteiger charge is 2.41. The predicted octanol–water partition coefficient (Wildman–Crippen LogP) is 4.96. The lowest BCUT2D eigenvalue weighted by Gasteiger charge is -2.40. The summed E-state index contributed by atoms with van der Waals surface area (Å²) in [7, 11) is -1.12. The van der Waals surface area contributed by atoms with Gasteiger partial charge in [0.2, 0.25) is 17.7 Å². The van der Waals surface area contributed by atoms with Crippen molar-refractivity contribution in [3.63, 3.8) is 0 Å². The van der Waals surface area contributed by atoms with E-state index in [2.05, 4.69) is 42.7 Å². The average Bonchev–Trinajstić information content (AvgIpc) is 3.73. The van der Waals surface area contributed by atoms with Gasteiger partial charge in [-0.15, -0.1) is 0 Å². The van der Waals surface area contributed by atoms with Crippen LogP contribution in [0.15, 0.2) is 84.9 Å². The van der Waals surface area contributed by atoms with Crippen LogP contribution in [0.2, 0.25) is 0 Å². The van der Waals surface area contributed by atoms with E-state index in [1.807, 2.05) is 75.9 Å². The fourth-order valence-electron chi connectivity index (χ4n) is 9.12. The standard InChI is InChI=1S/C46H57N9O6S/c1-5-30(32-15-17-40-36(25-32)34-11-7-9-13-38(34)53(40)28-43(47)56)19-21-49-45(58)42-27-52(23-24-55(42)62(60,61)51(3)4)46(59)50-22-20-31(6-2)33-16-18-41-37(26-33)35-12-8-10-14-39(35)54(41)29-44(48)57/h7-18,25-26,30-31,42H,5-6,19-24,27-29H2,1-4H3,(H2,47,56)(H2,48,57)(H,49,58)(H,50,59). The van der Waals surface area contributed by atoms with Crippen LogP contribution in [-0.2, 0) is 37.7 Å². The number of hydrogen-bond acceptors (Lipinski definition) is 6. The molecule has 15 nitrogen and oxygen atoms in total. The van der Waals surface area contributed by atoms with Gasteiger partial charge in [-0.3, -0.25) is 14.4 Å². The van der Waals surface area contributed by atoms with Gasteiger partial charge in [-0.25, -0.2) is 4.79 Å². The molecule has 0 radical (unpaired) electrons. The number of nitrogens with one attached hydrogen (secondary N) is 2. The summed E-state index contributed by atoms with van der Waals surface area (Å²) < 4.78 is 33.1. The summed E-state index contributed by atoms with van der Waals surface area (Å²) in [6.07, 6.45) is 2.90. The first-order valence-corrected chi connectivity index (χ1v) is 22.7. The van der Waals surface area contributed by atoms with E-state index in [9.17, 15) is 27.6 Å². The van der Waals surface area contributed by atoms with E-state index in [-0.39, 0.29) is 50.6 Å². The van der Waals surface area contributed by atoms with Crippen LogP contribution >= 0.6 is 0 Å². The molecule has 0 saturated carbocycles. The van der Waals surface area contributed by atoms with Crippen molar-refractivity contribution < 1.29 is 27.6 Å². The van der Waals surface area contributed by atoms with Gasteiger partial charge in [-0.2, -0.15) is 17.0 Å². The Bertz CT molecular complexity index is 2760. The van der Waals surface area contributed by atoms with Gasteiger partial charge in [0.25, 0.3) is 10.2 Å². The molecule has 0 bridgehead atoms. The number of amides is 5. The minimum Gasteiger partial charge on any atom is -0.368 e. The molecule has 3 heterocycles. The Morgan fingerprint density at radius 2 is 1.15 bits per heavy atom. The van der Waals surface area contributed by atoms with Crippen molar-refractivity contribution in [3.05, 3.63) is 96.1 Å². The maximum Gasteiger partial charge on any atom is 0.317 e. The van der Waals surface area contributed by atoms with Crippen LogP contribution in [0, 0.1) is 0 Å². The number of aromatic nitrogens is 2. The second-order valence-electron chi connectivity index (χ2n) is 16.4. The van der Waals surface area contributed by atoms with Crippen LogP contribution in [0.5, 0.6) is 0 Å². The number of piperazine rings is 1. The summed E-state index contributed by atoms with van der Waals surface area (Å²) in [6, 6.07) is 26.8. The van der Waals surface area contributed by atoms with Crippen molar-refractivity contribution >= 4 is 77.6 Å². The molecule has 328 valence electrons. The first-order chi connectivity index (χ1) is 29.7. The molecule has 3 atom stereocenters. The maximum absolute atomic E-state index is 13.9. The lowest BCUT2D eigenvalue weighted by atomic mass is 9.92. The summed E-state index contributed by atoms with van der Waals surface area (Å²) in [5.74, 6) is -1.08. The molecule has 0 aliphatic carbocycles. The molecule has 2 aromatic heterocycles. The molecule has 1 fully saturated rings. The van der Waals surface area contributed by atoms with E-state index in [0.29, 0.717) is 25.9 Å². The summed E-state index contributed by atoms with van der Waals surface area (Å²) in [4.78, 5) is 52.9. The molecule has 6 N–H and O–H groups in total. The van der Waals surface area contributed by atoms with Crippen molar-refractivity contribution in [3.8, 4) is 0 Å². The number of primary amides is 2. The SMILES string of the molecule is CCC(CCNC(=O)C1CN(C(=O)NCCC(CC)c2ccc3c(c2)c2ccccc2n3CC(N)=O)CCN1S(=O)(=O)N(C)C)c1ccc2c(c1)c1ccccc1n2CC(N)=O. The Labute approximate surface area is 362 Å². The van der Waals surface area contributed by atoms with Gasteiger partial charge >= 0.3 is 6.03 Å². The first-order valence-electron chi connectivity index (χ1n) is 21.3. The third-order valence-electron chi connectivity index (χ3n) is 12.4. The van der Waals surface area contributed by atoms with Crippen molar-refractivity contribution in [1.82, 2.24) is 33.3 Å². The molecule has 3 unspecified atom stereocenters. The lowest BCUT2D eigenvalue weighted by Crippen LogP contribution is -2.64. The Morgan fingerprint density at radius 3 is 1.61 bits per heavy atom. The number of carbonyl (C=O) groups excluding carboxylic acids is 4. The molecule has 7 rings (SSSR count). The molecular formula is C46H57N9O6S. The van der Waals surface area contributed by atoms with Gasteiger partial charge in [-0.05, 0) is 85.0 Å². The molecule has 1 saturated heterocycles. The predicted molar refractivity (Wildman–Crippen MR) is 244 cm³/mol. The summed E-state index contributed by atoms with van der Waals surface area (Å²) in [5, 5.41) is 10.1. The smallest absolute Gasteiger partial charge is 0.317 e. The molecule has 0 spiro atoms. The number of hydrogen-bond donors (Lipinski definition) is 4. The van der Waals surface area contributed by atoms with Crippen LogP contribution in [0.25, 0.3) is 43.6 Å². The minimum absolute atomic E-state index is 0.0338. The molecule has 16 heteroatoms. The fourth-order valence-corrected chi connectivity index (χ4v) is 10.3. The third kappa shape index (κ3) is 8.85. The van der Waals surface area contributed by atoms with Crippen LogP contribution in [0.1, 0.15) is 62.5 Å². The Balaban J connectivity index is 1.00. The number of nitrogens with two attached hydrogens (primary N) is 2. The topological polar surface area (TPSA) is 198 Å². The van der Waals surface area contributed by atoms with E-state index in [4.69, 9.17) is 11.5 Å². The van der Waals surface area contributed by atoms with E-state index in [1.54, 1.807) is 0 Å². The second-order valence-corrected chi connectivity index (χ2v) is 18.5. The summed E-state index contributed by atoms with van der Waals surface area (Å²) >= 11 is 0. The number of nitrogens with zero attached hydrogens (tertiary/aromatic N) is 5. The average molecular weight is 864 g/mol. The number of carbonyl (C=O) groups is 4. The maximum atomic E-state index is 13.9. The van der Waals surface area contributed by atoms with Gasteiger partial charge in [0, 0.05) is 90.4 Å². The van der Waals surface area contributed by atoms with Crippen molar-refractivity contribution in [1.29, 1.82) is 0 Å². The summed E-state index contributed by atoms with van der Waals surface area (Å²) in [5.41, 5.74) is 17.1. The van der Waals surface area contributed by atoms with Crippen LogP contribution in [-0.4, -0.2) is 108 Å². The number of rotatable bonds is 17. The van der Waals surface area contributed by atoms with Crippen molar-refractivity contribution in [2.24, 2.45) is 11.5 Å². The van der Waals surface area contributed by atoms with Crippen LogP contribution in [0.3, 0.4) is 0 Å². The zero-order chi connectivity index (χ0) is 44.3. The molecular weight excluding hydrogens is 807 g/mol. The van der Waals surface area contributed by atoms with Crippen LogP contribution in [0.4, 0.5) is 4.79 Å². The molecule has 4 aromatic carbocycles. The lowest BCUT2D eigenvalue weighted by molar-refractivity contribution is -0.126. The monoisotopic (exact) mass is 863 g/mol. The number of fused-ring (bicyclic) bond motifs is 6. The second kappa shape index (κ2) is 18.6. The first kappa shape index (κ1) is 44.1. The fraction of sp³-hybridized carbons (Fsp3) is 0.391. The zero-order valence-corrected chi connectivity index (χ0v) is 36.7. The van der Waals surface area contributed by atoms with Crippen molar-refractivity contribution in [2.45, 2.75) is 70.5 Å². The highest BCUT2D eigenvalue weighted by Crippen LogP contribution is 2.35. The number of benzene rings is 4. The highest BCUT2D eigenvalue weighted by molar-refractivity contribution is 7.86. The van der Waals surface area contributed by atoms with Gasteiger partial charge in [0.1, 0.15) is 19.1 Å². The Hall–Kier alpha value is -5.97. The number of urea groups is 1. The van der Waals surface area contributed by atoms with Gasteiger partial charge < -0.3 is 36.1 Å². The van der Waals surface area contributed by atoms with Crippen molar-refractivity contribution in [2.75, 3.05) is 46.8 Å².